The molecule has 0 bridgehead atoms. The number of hydrogen-bond acceptors (Lipinski definition) is 11. The van der Waals surface area contributed by atoms with E-state index in [1.807, 2.05) is 0 Å². The minimum absolute atomic E-state index is 0.0737. The van der Waals surface area contributed by atoms with Crippen molar-refractivity contribution in [2.24, 2.45) is 5.92 Å². The summed E-state index contributed by atoms with van der Waals surface area (Å²) >= 11 is 5.87. The molecule has 0 aromatic carbocycles. The lowest BCUT2D eigenvalue weighted by Crippen LogP contribution is -2.31. The lowest BCUT2D eigenvalue weighted by molar-refractivity contribution is 0.0948. The smallest absolute Gasteiger partial charge is 0.245 e. The number of alkyl halides is 1. The van der Waals surface area contributed by atoms with Gasteiger partial charge in [-0.15, -0.1) is 10.2 Å². The Hall–Kier alpha value is -2.97. The van der Waals surface area contributed by atoms with Gasteiger partial charge in [0.05, 0.1) is 31.2 Å². The van der Waals surface area contributed by atoms with E-state index in [0.717, 1.165) is 0 Å². The van der Waals surface area contributed by atoms with Crippen LogP contribution in [-0.2, 0) is 20.3 Å². The number of nitrogens with zero attached hydrogens (tertiary/aromatic N) is 7. The average Bonchev–Trinajstić information content (AvgIpc) is 3.25. The monoisotopic (exact) mass is 555 g/mol. The van der Waals surface area contributed by atoms with Crippen molar-refractivity contribution < 1.29 is 27.0 Å². The first kappa shape index (κ1) is 27.1. The van der Waals surface area contributed by atoms with Gasteiger partial charge in [0.1, 0.15) is 24.0 Å². The number of halogens is 2. The van der Waals surface area contributed by atoms with E-state index in [2.05, 4.69) is 30.1 Å². The minimum Gasteiger partial charge on any atom is -0.479 e. The number of methoxy groups -OCH3 is 3. The van der Waals surface area contributed by atoms with E-state index in [4.69, 9.17) is 25.8 Å². The molecule has 15 heteroatoms. The summed E-state index contributed by atoms with van der Waals surface area (Å²) in [6, 6.07) is 0. The van der Waals surface area contributed by atoms with E-state index in [0.29, 0.717) is 23.7 Å². The van der Waals surface area contributed by atoms with Gasteiger partial charge >= 0.3 is 0 Å². The van der Waals surface area contributed by atoms with E-state index in [9.17, 15) is 12.8 Å². The largest absolute Gasteiger partial charge is 0.479 e. The Morgan fingerprint density at radius 3 is 2.24 bits per heavy atom. The normalized spacial score (nSPS) is 19.2. The third-order valence-electron chi connectivity index (χ3n) is 6.54. The van der Waals surface area contributed by atoms with Crippen molar-refractivity contribution in [2.75, 3.05) is 28.0 Å². The Labute approximate surface area is 218 Å². The van der Waals surface area contributed by atoms with Gasteiger partial charge in [-0.25, -0.2) is 18.4 Å². The van der Waals surface area contributed by atoms with Crippen LogP contribution in [0.2, 0.25) is 5.02 Å². The van der Waals surface area contributed by atoms with Gasteiger partial charge in [-0.3, -0.25) is 8.96 Å². The van der Waals surface area contributed by atoms with E-state index in [1.54, 1.807) is 0 Å². The quantitative estimate of drug-likeness (QED) is 0.344. The molecule has 1 fully saturated rings. The molecule has 0 unspecified atom stereocenters. The summed E-state index contributed by atoms with van der Waals surface area (Å²) in [4.78, 5) is 16.5. The Morgan fingerprint density at radius 1 is 1.08 bits per heavy atom. The van der Waals surface area contributed by atoms with Crippen LogP contribution in [0.15, 0.2) is 18.7 Å². The summed E-state index contributed by atoms with van der Waals surface area (Å²) in [5.41, 5.74) is 0.235. The lowest BCUT2D eigenvalue weighted by Gasteiger charge is -2.34. The van der Waals surface area contributed by atoms with Crippen molar-refractivity contribution in [1.29, 1.82) is 0 Å². The highest BCUT2D eigenvalue weighted by atomic mass is 35.5. The van der Waals surface area contributed by atoms with Crippen LogP contribution in [0.25, 0.3) is 5.69 Å². The fourth-order valence-electron chi connectivity index (χ4n) is 4.31. The van der Waals surface area contributed by atoms with Gasteiger partial charge in [-0.2, -0.15) is 9.97 Å². The second-order valence-electron chi connectivity index (χ2n) is 8.58. The molecule has 0 aliphatic heterocycles. The van der Waals surface area contributed by atoms with Crippen LogP contribution in [0.5, 0.6) is 11.8 Å². The van der Waals surface area contributed by atoms with Gasteiger partial charge in [0.25, 0.3) is 0 Å². The van der Waals surface area contributed by atoms with Crippen LogP contribution in [-0.4, -0.2) is 76.4 Å². The van der Waals surface area contributed by atoms with Gasteiger partial charge < -0.3 is 14.2 Å². The summed E-state index contributed by atoms with van der Waals surface area (Å²) in [7, 11) is 0.271. The minimum atomic E-state index is -3.93. The lowest BCUT2D eigenvalue weighted by atomic mass is 9.74. The molecule has 0 saturated heterocycles. The maximum atomic E-state index is 13.6. The van der Waals surface area contributed by atoms with Gasteiger partial charge in [0.15, 0.2) is 27.2 Å². The Kier molecular flexibility index (Phi) is 8.19. The highest BCUT2D eigenvalue weighted by Crippen LogP contribution is 2.44. The van der Waals surface area contributed by atoms with E-state index in [-0.39, 0.29) is 40.9 Å². The van der Waals surface area contributed by atoms with Crippen molar-refractivity contribution in [3.05, 3.63) is 41.2 Å². The fraction of sp³-hybridized carbons (Fsp3) is 0.545. The molecule has 1 aliphatic carbocycles. The summed E-state index contributed by atoms with van der Waals surface area (Å²) < 4.78 is 58.7. The van der Waals surface area contributed by atoms with Crippen LogP contribution in [0, 0.1) is 5.92 Å². The first-order valence-electron chi connectivity index (χ1n) is 11.4. The van der Waals surface area contributed by atoms with Crippen LogP contribution in [0.1, 0.15) is 49.3 Å². The average molecular weight is 556 g/mol. The highest BCUT2D eigenvalue weighted by Gasteiger charge is 2.40. The first-order valence-corrected chi connectivity index (χ1v) is 13.5. The van der Waals surface area contributed by atoms with E-state index in [1.165, 1.54) is 51.5 Å². The molecule has 12 nitrogen and oxygen atoms in total. The Bertz CT molecular complexity index is 1320. The molecule has 0 N–H and O–H groups in total. The third kappa shape index (κ3) is 5.22. The van der Waals surface area contributed by atoms with E-state index < -0.39 is 33.6 Å². The van der Waals surface area contributed by atoms with Gasteiger partial charge in [0, 0.05) is 25.4 Å². The molecule has 3 heterocycles. The third-order valence-corrected chi connectivity index (χ3v) is 8.78. The van der Waals surface area contributed by atoms with Gasteiger partial charge in [-0.05, 0) is 25.7 Å². The predicted octanol–water partition coefficient (Wildman–Crippen LogP) is 2.67. The van der Waals surface area contributed by atoms with E-state index >= 15 is 0 Å². The van der Waals surface area contributed by atoms with Crippen molar-refractivity contribution in [2.45, 2.75) is 42.8 Å². The SMILES string of the molecule is COc1ncnc(OC)c1-n1c(CS(=O)(=O)[C@@H](C)[C@H](OC)c2ncc(Cl)cn2)nnc1[C@H]1CC[C@@H]1CF. The standard InChI is InChI=1S/C22H27ClFN7O5S/c1-12(18(34-2)19-25-8-14(23)9-26-19)37(32,33)10-16-29-30-20(15-6-5-13(15)7-24)31(16)17-21(35-3)27-11-28-22(17)36-4/h8-9,11-13,15,18H,5-7,10H2,1-4H3/t12-,13+,15-,18-/m0/s1. The summed E-state index contributed by atoms with van der Waals surface area (Å²) in [6.45, 7) is 0.972. The molecule has 37 heavy (non-hydrogen) atoms. The Morgan fingerprint density at radius 2 is 1.73 bits per heavy atom. The zero-order valence-corrected chi connectivity index (χ0v) is 22.3. The zero-order valence-electron chi connectivity index (χ0n) is 20.7. The predicted molar refractivity (Wildman–Crippen MR) is 130 cm³/mol. The molecule has 0 amide bonds. The highest BCUT2D eigenvalue weighted by molar-refractivity contribution is 7.91. The second-order valence-corrected chi connectivity index (χ2v) is 11.4. The second kappa shape index (κ2) is 11.2. The van der Waals surface area contributed by atoms with Crippen molar-refractivity contribution in [3.8, 4) is 17.4 Å². The topological polar surface area (TPSA) is 144 Å². The van der Waals surface area contributed by atoms with Crippen LogP contribution < -0.4 is 9.47 Å². The maximum Gasteiger partial charge on any atom is 0.245 e. The molecule has 0 spiro atoms. The molecule has 4 atom stereocenters. The number of aromatic nitrogens is 7. The molecule has 1 saturated carbocycles. The first-order chi connectivity index (χ1) is 17.7. The number of hydrogen-bond donors (Lipinski definition) is 0. The van der Waals surface area contributed by atoms with Crippen molar-refractivity contribution >= 4 is 21.4 Å². The number of sulfone groups is 1. The number of rotatable bonds is 11. The Balaban J connectivity index is 1.78. The molecule has 3 aromatic rings. The fourth-order valence-corrected chi connectivity index (χ4v) is 5.83. The molecular weight excluding hydrogens is 529 g/mol. The molecule has 200 valence electrons. The summed E-state index contributed by atoms with van der Waals surface area (Å²) in [5, 5.41) is 7.74. The molecular formula is C22H27ClFN7O5S. The van der Waals surface area contributed by atoms with Crippen molar-refractivity contribution in [1.82, 2.24) is 34.7 Å². The molecule has 1 aliphatic rings. The molecule has 0 radical (unpaired) electrons. The van der Waals surface area contributed by atoms with Crippen LogP contribution in [0.3, 0.4) is 0 Å². The molecule has 4 rings (SSSR count). The number of ether oxygens (including phenoxy) is 3. The van der Waals surface area contributed by atoms with Crippen LogP contribution in [0.4, 0.5) is 4.39 Å². The van der Waals surface area contributed by atoms with Gasteiger partial charge in [0.2, 0.25) is 11.8 Å². The van der Waals surface area contributed by atoms with Crippen LogP contribution >= 0.6 is 11.6 Å². The summed E-state index contributed by atoms with van der Waals surface area (Å²) in [5.74, 6) is -0.163. The van der Waals surface area contributed by atoms with Crippen molar-refractivity contribution in [3.63, 3.8) is 0 Å². The zero-order chi connectivity index (χ0) is 26.7. The summed E-state index contributed by atoms with van der Waals surface area (Å²) in [6.07, 6.45) is 4.39. The maximum absolute atomic E-state index is 13.6. The van der Waals surface area contributed by atoms with Gasteiger partial charge in [-0.1, -0.05) is 11.6 Å². The molecule has 3 aromatic heterocycles.